The molecule has 0 heterocycles. The van der Waals surface area contributed by atoms with Crippen LogP contribution >= 0.6 is 0 Å². The summed E-state index contributed by atoms with van der Waals surface area (Å²) in [4.78, 5) is 14.4. The molecule has 2 rings (SSSR count). The monoisotopic (exact) mass is 312 g/mol. The van der Waals surface area contributed by atoms with E-state index >= 15 is 0 Å². The molecule has 122 valence electrons. The summed E-state index contributed by atoms with van der Waals surface area (Å²) in [5.74, 6) is -0.279. The zero-order chi connectivity index (χ0) is 16.5. The van der Waals surface area contributed by atoms with Crippen LogP contribution in [0.2, 0.25) is 0 Å². The van der Waals surface area contributed by atoms with Crippen LogP contribution in [0.4, 0.5) is 0 Å². The van der Waals surface area contributed by atoms with Crippen molar-refractivity contribution < 1.29 is 9.53 Å². The first-order valence-electron chi connectivity index (χ1n) is 7.81. The van der Waals surface area contributed by atoms with Crippen LogP contribution in [-0.4, -0.2) is 38.1 Å². The second-order valence-electron chi connectivity index (χ2n) is 5.70. The van der Waals surface area contributed by atoms with Gasteiger partial charge in [-0.05, 0) is 31.3 Å². The highest BCUT2D eigenvalue weighted by atomic mass is 16.5. The average molecular weight is 312 g/mol. The van der Waals surface area contributed by atoms with Gasteiger partial charge < -0.3 is 15.0 Å². The third-order valence-electron chi connectivity index (χ3n) is 3.50. The van der Waals surface area contributed by atoms with Crippen molar-refractivity contribution in [2.45, 2.75) is 13.2 Å². The van der Waals surface area contributed by atoms with Crippen molar-refractivity contribution >= 4 is 5.97 Å². The molecule has 0 aliphatic rings. The average Bonchev–Trinajstić information content (AvgIpc) is 2.58. The summed E-state index contributed by atoms with van der Waals surface area (Å²) in [6.45, 7) is 2.79. The van der Waals surface area contributed by atoms with Gasteiger partial charge in [0.25, 0.3) is 0 Å². The van der Waals surface area contributed by atoms with E-state index in [2.05, 4.69) is 10.2 Å². The smallest absolute Gasteiger partial charge is 0.338 e. The highest BCUT2D eigenvalue weighted by Crippen LogP contribution is 2.12. The van der Waals surface area contributed by atoms with Crippen molar-refractivity contribution in [1.29, 1.82) is 0 Å². The summed E-state index contributed by atoms with van der Waals surface area (Å²) in [7, 11) is 4.08. The largest absolute Gasteiger partial charge is 0.457 e. The molecule has 0 atom stereocenters. The van der Waals surface area contributed by atoms with Crippen molar-refractivity contribution in [1.82, 2.24) is 10.2 Å². The number of hydrogen-bond donors (Lipinski definition) is 1. The number of rotatable bonds is 8. The van der Waals surface area contributed by atoms with Gasteiger partial charge in [-0.25, -0.2) is 4.79 Å². The highest BCUT2D eigenvalue weighted by Gasteiger charge is 2.12. The molecular weight excluding hydrogens is 288 g/mol. The Morgan fingerprint density at radius 2 is 1.74 bits per heavy atom. The molecule has 0 saturated heterocycles. The Morgan fingerprint density at radius 3 is 2.48 bits per heavy atom. The molecule has 4 heteroatoms. The summed E-state index contributed by atoms with van der Waals surface area (Å²) in [6, 6.07) is 17.3. The van der Waals surface area contributed by atoms with Crippen molar-refractivity contribution in [2.24, 2.45) is 0 Å². The minimum Gasteiger partial charge on any atom is -0.457 e. The number of carbonyl (C=O) groups excluding carboxylic acids is 1. The summed E-state index contributed by atoms with van der Waals surface area (Å²) in [5.41, 5.74) is 2.58. The predicted molar refractivity (Wildman–Crippen MR) is 92.3 cm³/mol. The Bertz CT molecular complexity index is 612. The van der Waals surface area contributed by atoms with Crippen molar-refractivity contribution in [2.75, 3.05) is 27.2 Å². The maximum Gasteiger partial charge on any atom is 0.338 e. The van der Waals surface area contributed by atoms with E-state index in [9.17, 15) is 4.79 Å². The standard InChI is InChI=1S/C19H24N2O2/c1-21(2)13-12-20-14-17-10-6-7-11-18(17)19(22)23-15-16-8-4-3-5-9-16/h3-11,20H,12-15H2,1-2H3. The fourth-order valence-corrected chi connectivity index (χ4v) is 2.20. The molecule has 2 aromatic carbocycles. The van der Waals surface area contributed by atoms with Crippen LogP contribution in [-0.2, 0) is 17.9 Å². The fourth-order valence-electron chi connectivity index (χ4n) is 2.20. The molecule has 0 radical (unpaired) electrons. The van der Waals surface area contributed by atoms with E-state index in [0.717, 1.165) is 24.2 Å². The van der Waals surface area contributed by atoms with E-state index in [1.807, 2.05) is 68.7 Å². The van der Waals surface area contributed by atoms with Crippen LogP contribution in [0.15, 0.2) is 54.6 Å². The second-order valence-corrected chi connectivity index (χ2v) is 5.70. The molecule has 0 amide bonds. The van der Waals surface area contributed by atoms with Gasteiger partial charge in [0.2, 0.25) is 0 Å². The highest BCUT2D eigenvalue weighted by molar-refractivity contribution is 5.91. The van der Waals surface area contributed by atoms with E-state index in [1.165, 1.54) is 0 Å². The van der Waals surface area contributed by atoms with E-state index in [0.29, 0.717) is 18.7 Å². The lowest BCUT2D eigenvalue weighted by molar-refractivity contribution is 0.0471. The van der Waals surface area contributed by atoms with Crippen LogP contribution < -0.4 is 5.32 Å². The Hall–Kier alpha value is -2.17. The first kappa shape index (κ1) is 17.2. The predicted octanol–water partition coefficient (Wildman–Crippen LogP) is 2.69. The van der Waals surface area contributed by atoms with Gasteiger partial charge >= 0.3 is 5.97 Å². The van der Waals surface area contributed by atoms with Gasteiger partial charge in [-0.2, -0.15) is 0 Å². The molecule has 2 aromatic rings. The zero-order valence-electron chi connectivity index (χ0n) is 13.8. The lowest BCUT2D eigenvalue weighted by Gasteiger charge is -2.12. The Kier molecular flexibility index (Phi) is 6.78. The third kappa shape index (κ3) is 5.85. The third-order valence-corrected chi connectivity index (χ3v) is 3.50. The maximum absolute atomic E-state index is 12.3. The molecule has 0 saturated carbocycles. The molecule has 1 N–H and O–H groups in total. The van der Waals surface area contributed by atoms with Crippen molar-refractivity contribution in [3.8, 4) is 0 Å². The van der Waals surface area contributed by atoms with Crippen LogP contribution in [0.1, 0.15) is 21.5 Å². The molecule has 0 aliphatic heterocycles. The van der Waals surface area contributed by atoms with Crippen LogP contribution in [0.5, 0.6) is 0 Å². The van der Waals surface area contributed by atoms with E-state index in [1.54, 1.807) is 0 Å². The Balaban J connectivity index is 1.91. The Morgan fingerprint density at radius 1 is 1.04 bits per heavy atom. The topological polar surface area (TPSA) is 41.6 Å². The van der Waals surface area contributed by atoms with Crippen molar-refractivity contribution in [3.05, 3.63) is 71.3 Å². The summed E-state index contributed by atoms with van der Waals surface area (Å²) in [5, 5.41) is 3.35. The summed E-state index contributed by atoms with van der Waals surface area (Å²) in [6.07, 6.45) is 0. The van der Waals surface area contributed by atoms with Gasteiger partial charge in [-0.15, -0.1) is 0 Å². The number of ether oxygens (including phenoxy) is 1. The number of hydrogen-bond acceptors (Lipinski definition) is 4. The SMILES string of the molecule is CN(C)CCNCc1ccccc1C(=O)OCc1ccccc1. The number of benzene rings is 2. The van der Waals surface area contributed by atoms with E-state index in [4.69, 9.17) is 4.74 Å². The molecule has 23 heavy (non-hydrogen) atoms. The van der Waals surface area contributed by atoms with Gasteiger partial charge in [0.05, 0.1) is 5.56 Å². The second kappa shape index (κ2) is 9.08. The number of esters is 1. The fraction of sp³-hybridized carbons (Fsp3) is 0.316. The molecular formula is C19H24N2O2. The zero-order valence-corrected chi connectivity index (χ0v) is 13.8. The first-order valence-corrected chi connectivity index (χ1v) is 7.81. The van der Waals surface area contributed by atoms with E-state index in [-0.39, 0.29) is 5.97 Å². The van der Waals surface area contributed by atoms with Gasteiger partial charge in [0.15, 0.2) is 0 Å². The quantitative estimate of drug-likeness (QED) is 0.601. The van der Waals surface area contributed by atoms with Gasteiger partial charge in [-0.1, -0.05) is 48.5 Å². The summed E-state index contributed by atoms with van der Waals surface area (Å²) >= 11 is 0. The van der Waals surface area contributed by atoms with Gasteiger partial charge in [0, 0.05) is 19.6 Å². The number of nitrogens with one attached hydrogen (secondary N) is 1. The normalized spacial score (nSPS) is 10.7. The van der Waals surface area contributed by atoms with Gasteiger partial charge in [0.1, 0.15) is 6.61 Å². The number of nitrogens with zero attached hydrogens (tertiary/aromatic N) is 1. The number of carbonyl (C=O) groups is 1. The molecule has 0 fully saturated rings. The Labute approximate surface area is 138 Å². The van der Waals surface area contributed by atoms with Crippen LogP contribution in [0.25, 0.3) is 0 Å². The molecule has 0 spiro atoms. The first-order chi connectivity index (χ1) is 11.2. The minimum atomic E-state index is -0.279. The molecule has 0 unspecified atom stereocenters. The minimum absolute atomic E-state index is 0.279. The molecule has 0 bridgehead atoms. The lowest BCUT2D eigenvalue weighted by Crippen LogP contribution is -2.26. The maximum atomic E-state index is 12.3. The number of likely N-dealkylation sites (N-methyl/N-ethyl adjacent to an activating group) is 1. The molecule has 0 aromatic heterocycles. The van der Waals surface area contributed by atoms with Crippen LogP contribution in [0, 0.1) is 0 Å². The van der Waals surface area contributed by atoms with Crippen molar-refractivity contribution in [3.63, 3.8) is 0 Å². The molecule has 4 nitrogen and oxygen atoms in total. The molecule has 0 aliphatic carbocycles. The summed E-state index contributed by atoms with van der Waals surface area (Å²) < 4.78 is 5.42. The lowest BCUT2D eigenvalue weighted by atomic mass is 10.1. The van der Waals surface area contributed by atoms with E-state index < -0.39 is 0 Å². The van der Waals surface area contributed by atoms with Crippen LogP contribution in [0.3, 0.4) is 0 Å². The van der Waals surface area contributed by atoms with Gasteiger partial charge in [-0.3, -0.25) is 0 Å².